The molecule has 0 radical (unpaired) electrons. The molecule has 166 valence electrons. The Labute approximate surface area is 202 Å². The quantitative estimate of drug-likeness (QED) is 0.257. The van der Waals surface area contributed by atoms with Crippen LogP contribution in [0.25, 0.3) is 0 Å². The number of rotatable bonds is 7. The summed E-state index contributed by atoms with van der Waals surface area (Å²) in [7, 11) is 1.52. The van der Waals surface area contributed by atoms with Gasteiger partial charge in [-0.05, 0) is 76.4 Å². The molecule has 3 rings (SSSR count). The van der Waals surface area contributed by atoms with Crippen LogP contribution in [0.1, 0.15) is 16.7 Å². The Morgan fingerprint density at radius 3 is 2.62 bits per heavy atom. The number of hydrogen-bond acceptors (Lipinski definition) is 4. The lowest BCUT2D eigenvalue weighted by Gasteiger charge is -2.13. The summed E-state index contributed by atoms with van der Waals surface area (Å²) in [6, 6.07) is 14.6. The van der Waals surface area contributed by atoms with Gasteiger partial charge in [-0.2, -0.15) is 5.10 Å². The van der Waals surface area contributed by atoms with Gasteiger partial charge >= 0.3 is 6.03 Å². The van der Waals surface area contributed by atoms with E-state index in [1.165, 1.54) is 25.5 Å². The highest BCUT2D eigenvalue weighted by Gasteiger charge is 2.10. The van der Waals surface area contributed by atoms with Crippen molar-refractivity contribution in [1.82, 2.24) is 5.43 Å². The third-order valence-corrected chi connectivity index (χ3v) is 5.93. The maximum Gasteiger partial charge on any atom is 0.339 e. The summed E-state index contributed by atoms with van der Waals surface area (Å²) in [4.78, 5) is 12.1. The molecule has 2 amide bonds. The van der Waals surface area contributed by atoms with Gasteiger partial charge in [-0.15, -0.1) is 0 Å². The van der Waals surface area contributed by atoms with Crippen molar-refractivity contribution in [3.05, 3.63) is 86.1 Å². The minimum atomic E-state index is -0.471. The fourth-order valence-electron chi connectivity index (χ4n) is 2.75. The average Bonchev–Trinajstić information content (AvgIpc) is 2.76. The van der Waals surface area contributed by atoms with Crippen molar-refractivity contribution in [1.29, 1.82) is 0 Å². The lowest BCUT2D eigenvalue weighted by molar-refractivity contribution is 0.252. The largest absolute Gasteiger partial charge is 0.493 e. The minimum Gasteiger partial charge on any atom is -0.493 e. The molecule has 0 saturated heterocycles. The van der Waals surface area contributed by atoms with Gasteiger partial charge in [-0.1, -0.05) is 28.1 Å². The smallest absolute Gasteiger partial charge is 0.339 e. The molecule has 0 bridgehead atoms. The van der Waals surface area contributed by atoms with Crippen LogP contribution in [0, 0.1) is 12.7 Å². The molecule has 3 aromatic rings. The molecule has 2 N–H and O–H groups in total. The Kier molecular flexibility index (Phi) is 8.24. The van der Waals surface area contributed by atoms with Crippen molar-refractivity contribution in [2.24, 2.45) is 5.10 Å². The third kappa shape index (κ3) is 6.54. The van der Waals surface area contributed by atoms with Gasteiger partial charge in [0.1, 0.15) is 12.4 Å². The number of urea groups is 1. The second kappa shape index (κ2) is 11.1. The standard InChI is InChI=1S/C23H20Br2FN3O3/c1-14-8-18(6-7-19(14)24)28-23(30)29-27-12-16-10-21(31-2)22(11-20(16)25)32-13-15-4-3-5-17(26)9-15/h3-12H,13H2,1-2H3,(H2,28,29,30)/b27-12+. The van der Waals surface area contributed by atoms with Gasteiger partial charge in [0.2, 0.25) is 0 Å². The van der Waals surface area contributed by atoms with Gasteiger partial charge in [0.15, 0.2) is 11.5 Å². The number of hydrazone groups is 1. The van der Waals surface area contributed by atoms with Crippen LogP contribution in [0.15, 0.2) is 68.6 Å². The normalized spacial score (nSPS) is 10.8. The summed E-state index contributed by atoms with van der Waals surface area (Å²) in [5, 5.41) is 6.69. The molecule has 0 fully saturated rings. The third-order valence-electron chi connectivity index (χ3n) is 4.35. The van der Waals surface area contributed by atoms with Crippen LogP contribution >= 0.6 is 31.9 Å². The molecule has 0 saturated carbocycles. The highest BCUT2D eigenvalue weighted by molar-refractivity contribution is 9.10. The predicted octanol–water partition coefficient (Wildman–Crippen LogP) is 6.40. The second-order valence-electron chi connectivity index (χ2n) is 6.73. The number of carbonyl (C=O) groups excluding carboxylic acids is 1. The zero-order valence-electron chi connectivity index (χ0n) is 17.3. The average molecular weight is 565 g/mol. The molecule has 0 unspecified atom stereocenters. The van der Waals surface area contributed by atoms with Crippen molar-refractivity contribution < 1.29 is 18.7 Å². The Balaban J connectivity index is 1.63. The van der Waals surface area contributed by atoms with E-state index in [0.29, 0.717) is 32.8 Å². The Bertz CT molecular complexity index is 1160. The number of methoxy groups -OCH3 is 1. The van der Waals surface area contributed by atoms with Crippen molar-refractivity contribution in [2.45, 2.75) is 13.5 Å². The van der Waals surface area contributed by atoms with Crippen molar-refractivity contribution in [2.75, 3.05) is 12.4 Å². The lowest BCUT2D eigenvalue weighted by atomic mass is 10.2. The number of aryl methyl sites for hydroxylation is 1. The van der Waals surface area contributed by atoms with Crippen molar-refractivity contribution in [3.63, 3.8) is 0 Å². The maximum absolute atomic E-state index is 13.3. The highest BCUT2D eigenvalue weighted by Crippen LogP contribution is 2.33. The Hall–Kier alpha value is -2.91. The van der Waals surface area contributed by atoms with E-state index in [2.05, 4.69) is 47.7 Å². The lowest BCUT2D eigenvalue weighted by Crippen LogP contribution is -2.24. The molecule has 0 spiro atoms. The summed E-state index contributed by atoms with van der Waals surface area (Å²) in [6.45, 7) is 2.12. The number of hydrogen-bond donors (Lipinski definition) is 2. The number of halogens is 3. The molecule has 0 atom stereocenters. The molecular weight excluding hydrogens is 545 g/mol. The fraction of sp³-hybridized carbons (Fsp3) is 0.130. The molecule has 0 aromatic heterocycles. The molecule has 3 aromatic carbocycles. The van der Waals surface area contributed by atoms with Crippen LogP contribution in [-0.2, 0) is 6.61 Å². The van der Waals surface area contributed by atoms with Crippen molar-refractivity contribution in [3.8, 4) is 11.5 Å². The zero-order valence-corrected chi connectivity index (χ0v) is 20.5. The van der Waals surface area contributed by atoms with Gasteiger partial charge in [0.05, 0.1) is 13.3 Å². The van der Waals surface area contributed by atoms with E-state index in [-0.39, 0.29) is 12.4 Å². The van der Waals surface area contributed by atoms with E-state index in [1.54, 1.807) is 30.3 Å². The first-order valence-corrected chi connectivity index (χ1v) is 11.1. The number of ether oxygens (including phenoxy) is 2. The number of anilines is 1. The van der Waals surface area contributed by atoms with Crippen LogP contribution in [-0.4, -0.2) is 19.4 Å². The first-order valence-electron chi connectivity index (χ1n) is 9.46. The number of benzene rings is 3. The van der Waals surface area contributed by atoms with Gasteiger partial charge in [0, 0.05) is 20.2 Å². The molecule has 0 heterocycles. The monoisotopic (exact) mass is 563 g/mol. The summed E-state index contributed by atoms with van der Waals surface area (Å²) in [5.74, 6) is 0.635. The van der Waals surface area contributed by atoms with Gasteiger partial charge < -0.3 is 14.8 Å². The van der Waals surface area contributed by atoms with Crippen LogP contribution in [0.3, 0.4) is 0 Å². The molecule has 0 aliphatic rings. The van der Waals surface area contributed by atoms with Crippen LogP contribution in [0.4, 0.5) is 14.9 Å². The molecule has 32 heavy (non-hydrogen) atoms. The topological polar surface area (TPSA) is 72.0 Å². The van der Waals surface area contributed by atoms with Gasteiger partial charge in [0.25, 0.3) is 0 Å². The van der Waals surface area contributed by atoms with E-state index < -0.39 is 6.03 Å². The summed E-state index contributed by atoms with van der Waals surface area (Å²) < 4.78 is 26.2. The summed E-state index contributed by atoms with van der Waals surface area (Å²) in [6.07, 6.45) is 1.48. The van der Waals surface area contributed by atoms with E-state index >= 15 is 0 Å². The summed E-state index contributed by atoms with van der Waals surface area (Å²) >= 11 is 6.89. The molecular formula is C23H20Br2FN3O3. The van der Waals surface area contributed by atoms with Gasteiger partial charge in [-0.3, -0.25) is 0 Å². The number of carbonyl (C=O) groups is 1. The van der Waals surface area contributed by atoms with Gasteiger partial charge in [-0.25, -0.2) is 14.6 Å². The van der Waals surface area contributed by atoms with Crippen LogP contribution in [0.5, 0.6) is 11.5 Å². The number of amides is 2. The van der Waals surface area contributed by atoms with Crippen LogP contribution < -0.4 is 20.2 Å². The predicted molar refractivity (Wildman–Crippen MR) is 130 cm³/mol. The molecule has 6 nitrogen and oxygen atoms in total. The maximum atomic E-state index is 13.3. The van der Waals surface area contributed by atoms with E-state index in [0.717, 1.165) is 10.0 Å². The Morgan fingerprint density at radius 1 is 1.09 bits per heavy atom. The van der Waals surface area contributed by atoms with Crippen LogP contribution in [0.2, 0.25) is 0 Å². The first-order chi connectivity index (χ1) is 15.4. The fourth-order valence-corrected chi connectivity index (χ4v) is 3.42. The van der Waals surface area contributed by atoms with Crippen molar-refractivity contribution >= 4 is 49.8 Å². The molecule has 0 aliphatic heterocycles. The number of nitrogens with zero attached hydrogens (tertiary/aromatic N) is 1. The summed E-state index contributed by atoms with van der Waals surface area (Å²) in [5.41, 5.74) is 5.45. The first kappa shape index (κ1) is 23.7. The number of nitrogens with one attached hydrogen (secondary N) is 2. The molecule has 0 aliphatic carbocycles. The van der Waals surface area contributed by atoms with E-state index in [4.69, 9.17) is 9.47 Å². The SMILES string of the molecule is COc1cc(/C=N/NC(=O)Nc2ccc(Br)c(C)c2)c(Br)cc1OCc1cccc(F)c1. The second-order valence-corrected chi connectivity index (χ2v) is 8.44. The minimum absolute atomic E-state index is 0.186. The van der Waals surface area contributed by atoms with E-state index in [1.807, 2.05) is 19.1 Å². The van der Waals surface area contributed by atoms with E-state index in [9.17, 15) is 9.18 Å². The molecule has 9 heteroatoms. The Morgan fingerprint density at radius 2 is 1.91 bits per heavy atom. The highest BCUT2D eigenvalue weighted by atomic mass is 79.9. The zero-order chi connectivity index (χ0) is 23.1.